The number of carbonyl (C=O) groups is 1. The van der Waals surface area contributed by atoms with E-state index in [0.29, 0.717) is 5.88 Å². The van der Waals surface area contributed by atoms with Crippen molar-refractivity contribution in [2.75, 3.05) is 39.5 Å². The third kappa shape index (κ3) is 2.22. The van der Waals surface area contributed by atoms with Crippen molar-refractivity contribution in [3.05, 3.63) is 11.5 Å². The first-order chi connectivity index (χ1) is 9.56. The lowest BCUT2D eigenvalue weighted by Crippen LogP contribution is -2.68. The molecule has 2 fully saturated rings. The zero-order valence-corrected chi connectivity index (χ0v) is 12.8. The van der Waals surface area contributed by atoms with Crippen molar-refractivity contribution in [2.24, 2.45) is 5.73 Å². The molecule has 20 heavy (non-hydrogen) atoms. The highest BCUT2D eigenvalue weighted by atomic mass is 32.2. The van der Waals surface area contributed by atoms with Crippen molar-refractivity contribution in [1.82, 2.24) is 4.90 Å². The molecule has 2 unspecified atom stereocenters. The van der Waals surface area contributed by atoms with Crippen LogP contribution in [0, 0.1) is 0 Å². The van der Waals surface area contributed by atoms with E-state index in [9.17, 15) is 4.79 Å². The van der Waals surface area contributed by atoms with Gasteiger partial charge in [-0.2, -0.15) is 4.89 Å². The fourth-order valence-corrected chi connectivity index (χ4v) is 4.57. The Hall–Kier alpha value is -0.760. The lowest BCUT2D eigenvalue weighted by molar-refractivity contribution is -0.893. The van der Waals surface area contributed by atoms with E-state index in [1.54, 1.807) is 16.7 Å². The summed E-state index contributed by atoms with van der Waals surface area (Å²) < 4.78 is 1.02. The molecular formula is C13H22N3O3S+. The zero-order chi connectivity index (χ0) is 14.3. The molecule has 3 rings (SSSR count). The van der Waals surface area contributed by atoms with E-state index in [1.807, 2.05) is 0 Å². The van der Waals surface area contributed by atoms with Crippen LogP contribution in [0.15, 0.2) is 11.5 Å². The molecule has 1 amide bonds. The number of likely N-dealkylation sites (tertiary alicyclic amines) is 1. The van der Waals surface area contributed by atoms with Crippen molar-refractivity contribution < 1.29 is 19.1 Å². The molecule has 2 N–H and O–H groups in total. The lowest BCUT2D eigenvalue weighted by Gasteiger charge is -2.47. The number of nitrogens with two attached hydrogens (primary N) is 1. The summed E-state index contributed by atoms with van der Waals surface area (Å²) in [6, 6.07) is -0.409. The van der Waals surface area contributed by atoms with Crippen LogP contribution in [0.3, 0.4) is 0 Å². The summed E-state index contributed by atoms with van der Waals surface area (Å²) in [5.41, 5.74) is 6.99. The van der Waals surface area contributed by atoms with E-state index in [0.717, 1.165) is 22.4 Å². The summed E-state index contributed by atoms with van der Waals surface area (Å²) in [7, 11) is 3.74. The minimum Gasteiger partial charge on any atom is -0.322 e. The number of nitrogens with zero attached hydrogens (tertiary/aromatic N) is 2. The second-order valence-corrected chi connectivity index (χ2v) is 7.13. The van der Waals surface area contributed by atoms with Gasteiger partial charge >= 0.3 is 0 Å². The second-order valence-electron chi connectivity index (χ2n) is 6.03. The summed E-state index contributed by atoms with van der Waals surface area (Å²) in [5, 5.41) is 0.000263. The number of carbonyl (C=O) groups excluding carboxylic acids is 1. The largest absolute Gasteiger partial charge is 0.322 e. The Balaban J connectivity index is 1.84. The van der Waals surface area contributed by atoms with E-state index >= 15 is 0 Å². The van der Waals surface area contributed by atoms with Gasteiger partial charge in [0.15, 0.2) is 0 Å². The molecule has 0 aromatic rings. The van der Waals surface area contributed by atoms with Crippen LogP contribution < -0.4 is 5.73 Å². The predicted molar refractivity (Wildman–Crippen MR) is 76.2 cm³/mol. The van der Waals surface area contributed by atoms with Gasteiger partial charge in [0.25, 0.3) is 0 Å². The number of amides is 1. The molecule has 0 spiro atoms. The van der Waals surface area contributed by atoms with E-state index in [2.05, 4.69) is 7.05 Å². The van der Waals surface area contributed by atoms with Gasteiger partial charge < -0.3 is 15.1 Å². The van der Waals surface area contributed by atoms with Crippen molar-refractivity contribution in [3.63, 3.8) is 0 Å². The highest BCUT2D eigenvalue weighted by Crippen LogP contribution is 2.40. The highest BCUT2D eigenvalue weighted by Gasteiger charge is 2.52. The lowest BCUT2D eigenvalue weighted by atomic mass is 10.1. The molecule has 0 bridgehead atoms. The molecule has 6 nitrogen and oxygen atoms in total. The number of thioether (sulfide) groups is 1. The summed E-state index contributed by atoms with van der Waals surface area (Å²) in [5.74, 6) is 1.36. The van der Waals surface area contributed by atoms with E-state index in [-0.39, 0.29) is 11.3 Å². The highest BCUT2D eigenvalue weighted by molar-refractivity contribution is 8.00. The number of hydrogen-bond acceptors (Lipinski definition) is 5. The van der Waals surface area contributed by atoms with Crippen molar-refractivity contribution in [2.45, 2.75) is 24.3 Å². The molecule has 0 aromatic heterocycles. The van der Waals surface area contributed by atoms with Crippen LogP contribution in [0.25, 0.3) is 0 Å². The molecule has 0 saturated carbocycles. The first kappa shape index (κ1) is 14.2. The van der Waals surface area contributed by atoms with Crippen LogP contribution in [-0.4, -0.2) is 66.3 Å². The monoisotopic (exact) mass is 300 g/mol. The van der Waals surface area contributed by atoms with Crippen LogP contribution in [0.1, 0.15) is 12.8 Å². The molecule has 0 radical (unpaired) electrons. The van der Waals surface area contributed by atoms with E-state index in [1.165, 1.54) is 33.0 Å². The Kier molecular flexibility index (Phi) is 3.70. The van der Waals surface area contributed by atoms with Crippen molar-refractivity contribution in [3.8, 4) is 0 Å². The van der Waals surface area contributed by atoms with Crippen LogP contribution in [0.5, 0.6) is 0 Å². The standard InChI is InChI=1S/C13H22N3O3S/c1-16(5-3-4-6-16)7-9-8-20-13-10(14)11(17)15(13)12(9)19-18-2/h10,13H,3-8,14H2,1-2H3/q+1. The number of likely N-dealkylation sites (N-methyl/N-ethyl adjacent to an activating group) is 1. The van der Waals surface area contributed by atoms with Crippen molar-refractivity contribution >= 4 is 17.7 Å². The first-order valence-corrected chi connectivity index (χ1v) is 8.07. The minimum atomic E-state index is -0.409. The summed E-state index contributed by atoms with van der Waals surface area (Å²) in [4.78, 5) is 23.8. The van der Waals surface area contributed by atoms with Crippen molar-refractivity contribution in [1.29, 1.82) is 0 Å². The fourth-order valence-electron chi connectivity index (χ4n) is 3.31. The minimum absolute atomic E-state index is 0.000263. The van der Waals surface area contributed by atoms with Gasteiger partial charge in [-0.25, -0.2) is 0 Å². The molecule has 2 saturated heterocycles. The molecular weight excluding hydrogens is 278 g/mol. The average Bonchev–Trinajstić information content (AvgIpc) is 2.86. The van der Waals surface area contributed by atoms with Gasteiger partial charge in [0.2, 0.25) is 11.8 Å². The van der Waals surface area contributed by atoms with Gasteiger partial charge in [-0.1, -0.05) is 0 Å². The molecule has 3 aliphatic heterocycles. The number of fused-ring (bicyclic) bond motifs is 1. The molecule has 112 valence electrons. The average molecular weight is 300 g/mol. The van der Waals surface area contributed by atoms with Crippen LogP contribution in [0.4, 0.5) is 0 Å². The Morgan fingerprint density at radius 2 is 2.15 bits per heavy atom. The summed E-state index contributed by atoms with van der Waals surface area (Å²) >= 11 is 1.72. The van der Waals surface area contributed by atoms with Gasteiger partial charge in [-0.05, 0) is 0 Å². The van der Waals surface area contributed by atoms with Gasteiger partial charge in [-0.3, -0.25) is 9.69 Å². The second kappa shape index (κ2) is 5.22. The summed E-state index contributed by atoms with van der Waals surface area (Å²) in [6.07, 6.45) is 2.54. The molecule has 3 aliphatic rings. The van der Waals surface area contributed by atoms with Gasteiger partial charge in [0.05, 0.1) is 32.8 Å². The maximum absolute atomic E-state index is 12.0. The maximum Gasteiger partial charge on any atom is 0.250 e. The quantitative estimate of drug-likeness (QED) is 0.349. The van der Waals surface area contributed by atoms with Gasteiger partial charge in [-0.15, -0.1) is 11.8 Å². The molecule has 0 aliphatic carbocycles. The number of β-lactam (4-membered cyclic amide) rings is 1. The number of quaternary nitrogens is 1. The van der Waals surface area contributed by atoms with E-state index in [4.69, 9.17) is 15.5 Å². The van der Waals surface area contributed by atoms with E-state index < -0.39 is 6.04 Å². The molecule has 7 heteroatoms. The zero-order valence-electron chi connectivity index (χ0n) is 12.0. The normalized spacial score (nSPS) is 32.1. The Labute approximate surface area is 123 Å². The third-order valence-electron chi connectivity index (χ3n) is 4.41. The number of rotatable bonds is 4. The van der Waals surface area contributed by atoms with Gasteiger partial charge in [0.1, 0.15) is 18.0 Å². The Morgan fingerprint density at radius 3 is 2.80 bits per heavy atom. The number of hydrogen-bond donors (Lipinski definition) is 1. The molecule has 0 aromatic carbocycles. The van der Waals surface area contributed by atoms with Crippen LogP contribution in [0.2, 0.25) is 0 Å². The molecule has 2 atom stereocenters. The fraction of sp³-hybridized carbons (Fsp3) is 0.769. The van der Waals surface area contributed by atoms with Gasteiger partial charge in [0, 0.05) is 18.6 Å². The third-order valence-corrected chi connectivity index (χ3v) is 5.78. The van der Waals surface area contributed by atoms with Crippen LogP contribution in [-0.2, 0) is 14.6 Å². The molecule has 3 heterocycles. The summed E-state index contributed by atoms with van der Waals surface area (Å²) in [6.45, 7) is 3.29. The smallest absolute Gasteiger partial charge is 0.250 e. The Morgan fingerprint density at radius 1 is 1.45 bits per heavy atom. The first-order valence-electron chi connectivity index (χ1n) is 7.02. The SMILES string of the molecule is COOC1=C(C[N+]2(C)CCCC2)CSC2C(N)C(=O)N12. The maximum atomic E-state index is 12.0. The topological polar surface area (TPSA) is 64.8 Å². The van der Waals surface area contributed by atoms with Crippen LogP contribution >= 0.6 is 11.8 Å². The Bertz CT molecular complexity index is 448. The predicted octanol–water partition coefficient (Wildman–Crippen LogP) is 0.259.